The molecule has 0 aromatic heterocycles. The van der Waals surface area contributed by atoms with E-state index in [0.29, 0.717) is 5.17 Å². The summed E-state index contributed by atoms with van der Waals surface area (Å²) in [6.45, 7) is 4.39. The van der Waals surface area contributed by atoms with Crippen molar-refractivity contribution in [2.75, 3.05) is 0 Å². The molecule has 0 saturated carbocycles. The lowest BCUT2D eigenvalue weighted by Gasteiger charge is -2.11. The van der Waals surface area contributed by atoms with Crippen LogP contribution in [0.4, 0.5) is 5.69 Å². The predicted molar refractivity (Wildman–Crippen MR) is 92.9 cm³/mol. The maximum Gasteiger partial charge on any atom is 0.136 e. The van der Waals surface area contributed by atoms with Gasteiger partial charge < -0.3 is 0 Å². The lowest BCUT2D eigenvalue weighted by Crippen LogP contribution is -1.95. The van der Waals surface area contributed by atoms with Crippen molar-refractivity contribution in [2.45, 2.75) is 39.5 Å². The van der Waals surface area contributed by atoms with Crippen LogP contribution in [0.15, 0.2) is 53.5 Å². The number of halogens is 1. The molecule has 0 fully saturated rings. The summed E-state index contributed by atoms with van der Waals surface area (Å²) in [5.74, 6) is 0. The van der Waals surface area contributed by atoms with Crippen molar-refractivity contribution in [1.29, 1.82) is 0 Å². The van der Waals surface area contributed by atoms with Gasteiger partial charge in [0, 0.05) is 5.56 Å². The summed E-state index contributed by atoms with van der Waals surface area (Å²) in [4.78, 5) is 4.75. The largest absolute Gasteiger partial charge is 0.236 e. The van der Waals surface area contributed by atoms with Crippen LogP contribution in [-0.2, 0) is 12.8 Å². The Balaban J connectivity index is 2.45. The van der Waals surface area contributed by atoms with Gasteiger partial charge in [-0.3, -0.25) is 0 Å². The van der Waals surface area contributed by atoms with Gasteiger partial charge in [0.05, 0.1) is 5.69 Å². The molecule has 0 amide bonds. The SMILES string of the molecule is CCCc1cccc(CCC)c1N=C(Cl)c1ccccc1. The molecular weight excluding hydrogens is 278 g/mol. The second kappa shape index (κ2) is 7.99. The monoisotopic (exact) mass is 299 g/mol. The number of hydrogen-bond donors (Lipinski definition) is 0. The standard InChI is InChI=1S/C19H22ClN/c1-3-9-15-13-8-14-16(10-4-2)18(15)21-19(20)17-11-6-5-7-12-17/h5-8,11-14H,3-4,9-10H2,1-2H3. The number of rotatable bonds is 6. The van der Waals surface area contributed by atoms with E-state index in [1.54, 1.807) is 0 Å². The lowest BCUT2D eigenvalue weighted by atomic mass is 10.0. The summed E-state index contributed by atoms with van der Waals surface area (Å²) in [7, 11) is 0. The molecule has 2 aromatic rings. The van der Waals surface area contributed by atoms with Gasteiger partial charge in [0.1, 0.15) is 5.17 Å². The molecular formula is C19H22ClN. The molecule has 21 heavy (non-hydrogen) atoms. The van der Waals surface area contributed by atoms with Gasteiger partial charge in [-0.25, -0.2) is 4.99 Å². The van der Waals surface area contributed by atoms with Gasteiger partial charge in [0.2, 0.25) is 0 Å². The van der Waals surface area contributed by atoms with Crippen molar-refractivity contribution in [1.82, 2.24) is 0 Å². The fourth-order valence-corrected chi connectivity index (χ4v) is 2.68. The topological polar surface area (TPSA) is 12.4 Å². The first kappa shape index (κ1) is 15.8. The zero-order chi connectivity index (χ0) is 15.1. The van der Waals surface area contributed by atoms with Crippen molar-refractivity contribution in [3.05, 3.63) is 65.2 Å². The van der Waals surface area contributed by atoms with Crippen molar-refractivity contribution in [3.63, 3.8) is 0 Å². The minimum absolute atomic E-state index is 0.566. The third-order valence-corrected chi connectivity index (χ3v) is 3.77. The van der Waals surface area contributed by atoms with E-state index in [0.717, 1.165) is 36.9 Å². The number of hydrogen-bond acceptors (Lipinski definition) is 1. The van der Waals surface area contributed by atoms with Gasteiger partial charge in [-0.1, -0.05) is 86.8 Å². The van der Waals surface area contributed by atoms with Crippen LogP contribution in [0.5, 0.6) is 0 Å². The van der Waals surface area contributed by atoms with E-state index in [1.165, 1.54) is 11.1 Å². The highest BCUT2D eigenvalue weighted by Crippen LogP contribution is 2.28. The molecule has 0 spiro atoms. The fraction of sp³-hybridized carbons (Fsp3) is 0.316. The average Bonchev–Trinajstić information content (AvgIpc) is 2.51. The van der Waals surface area contributed by atoms with Crippen molar-refractivity contribution in [2.24, 2.45) is 4.99 Å². The van der Waals surface area contributed by atoms with Crippen LogP contribution in [0.2, 0.25) is 0 Å². The van der Waals surface area contributed by atoms with E-state index in [4.69, 9.17) is 16.6 Å². The zero-order valence-electron chi connectivity index (χ0n) is 12.8. The molecule has 0 aliphatic rings. The van der Waals surface area contributed by atoms with E-state index >= 15 is 0 Å². The van der Waals surface area contributed by atoms with E-state index < -0.39 is 0 Å². The maximum absolute atomic E-state index is 6.44. The quantitative estimate of drug-likeness (QED) is 0.588. The fourth-order valence-electron chi connectivity index (χ4n) is 2.47. The highest BCUT2D eigenvalue weighted by molar-refractivity contribution is 6.69. The molecule has 2 rings (SSSR count). The number of para-hydroxylation sites is 1. The summed E-state index contributed by atoms with van der Waals surface area (Å²) in [6, 6.07) is 16.4. The lowest BCUT2D eigenvalue weighted by molar-refractivity contribution is 0.895. The molecule has 2 aromatic carbocycles. The third kappa shape index (κ3) is 4.18. The van der Waals surface area contributed by atoms with Gasteiger partial charge in [-0.2, -0.15) is 0 Å². The van der Waals surface area contributed by atoms with Gasteiger partial charge >= 0.3 is 0 Å². The second-order valence-corrected chi connectivity index (χ2v) is 5.55. The molecule has 0 aliphatic carbocycles. The van der Waals surface area contributed by atoms with Gasteiger partial charge in [0.15, 0.2) is 0 Å². The number of benzene rings is 2. The van der Waals surface area contributed by atoms with Gasteiger partial charge in [-0.05, 0) is 24.0 Å². The first-order valence-electron chi connectivity index (χ1n) is 7.66. The van der Waals surface area contributed by atoms with Crippen LogP contribution in [-0.4, -0.2) is 5.17 Å². The molecule has 0 bridgehead atoms. The zero-order valence-corrected chi connectivity index (χ0v) is 13.5. The van der Waals surface area contributed by atoms with Crippen LogP contribution in [0, 0.1) is 0 Å². The molecule has 1 nitrogen and oxygen atoms in total. The Bertz CT molecular complexity index is 578. The van der Waals surface area contributed by atoms with Crippen LogP contribution in [0.3, 0.4) is 0 Å². The Morgan fingerprint density at radius 1 is 0.857 bits per heavy atom. The first-order valence-corrected chi connectivity index (χ1v) is 8.04. The normalized spacial score (nSPS) is 11.7. The molecule has 0 heterocycles. The van der Waals surface area contributed by atoms with E-state index in [1.807, 2.05) is 30.3 Å². The molecule has 2 heteroatoms. The Morgan fingerprint density at radius 3 is 1.95 bits per heavy atom. The first-order chi connectivity index (χ1) is 10.3. The minimum atomic E-state index is 0.566. The van der Waals surface area contributed by atoms with E-state index in [2.05, 4.69) is 32.0 Å². The van der Waals surface area contributed by atoms with Crippen LogP contribution in [0.1, 0.15) is 43.4 Å². The van der Waals surface area contributed by atoms with Gasteiger partial charge in [0.25, 0.3) is 0 Å². The summed E-state index contributed by atoms with van der Waals surface area (Å²) < 4.78 is 0. The molecule has 110 valence electrons. The summed E-state index contributed by atoms with van der Waals surface area (Å²) in [5.41, 5.74) is 4.61. The summed E-state index contributed by atoms with van der Waals surface area (Å²) in [6.07, 6.45) is 4.30. The molecule has 0 radical (unpaired) electrons. The highest BCUT2D eigenvalue weighted by atomic mass is 35.5. The Labute approximate surface area is 132 Å². The number of aliphatic imine (C=N–C) groups is 1. The average molecular weight is 300 g/mol. The number of aryl methyl sites for hydroxylation is 2. The Morgan fingerprint density at radius 2 is 1.43 bits per heavy atom. The van der Waals surface area contributed by atoms with E-state index in [9.17, 15) is 0 Å². The Hall–Kier alpha value is -1.60. The van der Waals surface area contributed by atoms with Crippen LogP contribution >= 0.6 is 11.6 Å². The summed E-state index contributed by atoms with van der Waals surface area (Å²) in [5, 5.41) is 0.566. The molecule has 0 N–H and O–H groups in total. The van der Waals surface area contributed by atoms with E-state index in [-0.39, 0.29) is 0 Å². The molecule has 0 unspecified atom stereocenters. The second-order valence-electron chi connectivity index (χ2n) is 5.19. The smallest absolute Gasteiger partial charge is 0.136 e. The predicted octanol–water partition coefficient (Wildman–Crippen LogP) is 5.91. The van der Waals surface area contributed by atoms with Crippen molar-refractivity contribution in [3.8, 4) is 0 Å². The van der Waals surface area contributed by atoms with Crippen molar-refractivity contribution < 1.29 is 0 Å². The highest BCUT2D eigenvalue weighted by Gasteiger charge is 2.08. The van der Waals surface area contributed by atoms with Crippen LogP contribution < -0.4 is 0 Å². The maximum atomic E-state index is 6.44. The molecule has 0 saturated heterocycles. The minimum Gasteiger partial charge on any atom is -0.236 e. The molecule has 0 atom stereocenters. The van der Waals surface area contributed by atoms with Crippen LogP contribution in [0.25, 0.3) is 0 Å². The number of nitrogens with zero attached hydrogens (tertiary/aromatic N) is 1. The Kier molecular flexibility index (Phi) is 6.01. The van der Waals surface area contributed by atoms with Crippen molar-refractivity contribution >= 4 is 22.5 Å². The van der Waals surface area contributed by atoms with Gasteiger partial charge in [-0.15, -0.1) is 0 Å². The third-order valence-electron chi connectivity index (χ3n) is 3.46. The summed E-state index contributed by atoms with van der Waals surface area (Å²) >= 11 is 6.44. The molecule has 0 aliphatic heterocycles.